The Morgan fingerprint density at radius 2 is 1.71 bits per heavy atom. The van der Waals surface area contributed by atoms with Crippen molar-refractivity contribution in [1.29, 1.82) is 0 Å². The second kappa shape index (κ2) is 14.6. The number of methoxy groups -OCH3 is 2. The number of benzene rings is 3. The predicted molar refractivity (Wildman–Crippen MR) is 176 cm³/mol. The molecule has 1 N–H and O–H groups in total. The van der Waals surface area contributed by atoms with Crippen LogP contribution in [0.15, 0.2) is 76.6 Å². The van der Waals surface area contributed by atoms with Gasteiger partial charge in [0.15, 0.2) is 15.8 Å². The van der Waals surface area contributed by atoms with Crippen molar-refractivity contribution in [3.63, 3.8) is 0 Å². The number of aryl methyl sites for hydroxylation is 1. The third-order valence-electron chi connectivity index (χ3n) is 7.40. The molecule has 1 atom stereocenters. The number of rotatable bonds is 13. The van der Waals surface area contributed by atoms with Gasteiger partial charge in [-0.25, -0.2) is 0 Å². The van der Waals surface area contributed by atoms with E-state index in [4.69, 9.17) is 14.2 Å². The Hall–Kier alpha value is -4.35. The average Bonchev–Trinajstić information content (AvgIpc) is 3.64. The lowest BCUT2D eigenvalue weighted by molar-refractivity contribution is -0.132. The van der Waals surface area contributed by atoms with E-state index in [0.717, 1.165) is 24.8 Å². The zero-order valence-electron chi connectivity index (χ0n) is 25.6. The molecule has 45 heavy (non-hydrogen) atoms. The van der Waals surface area contributed by atoms with Crippen LogP contribution in [0.25, 0.3) is 5.76 Å². The lowest BCUT2D eigenvalue weighted by Gasteiger charge is -2.23. The maximum Gasteiger partial charge on any atom is 0.301 e. The molecule has 1 aromatic heterocycles. The van der Waals surface area contributed by atoms with E-state index >= 15 is 0 Å². The Balaban J connectivity index is 1.53. The molecule has 0 radical (unpaired) electrons. The summed E-state index contributed by atoms with van der Waals surface area (Å²) >= 11 is 2.71. The summed E-state index contributed by atoms with van der Waals surface area (Å²) < 4.78 is 17.5. The van der Waals surface area contributed by atoms with E-state index in [1.165, 1.54) is 40.7 Å². The zero-order valence-corrected chi connectivity index (χ0v) is 27.2. The van der Waals surface area contributed by atoms with Crippen molar-refractivity contribution in [2.45, 2.75) is 49.2 Å². The topological polar surface area (TPSA) is 111 Å². The molecule has 5 rings (SSSR count). The SMILES string of the molecule is CCCCCOc1ccc(C2/C(=C(/O)c3ccc(OC)cc3)C(=O)C(=O)N2c2nnc(SCc3ccc(C)cc3)s2)cc1OC. The van der Waals surface area contributed by atoms with E-state index < -0.39 is 17.7 Å². The van der Waals surface area contributed by atoms with Crippen LogP contribution >= 0.6 is 23.1 Å². The maximum absolute atomic E-state index is 13.7. The second-order valence-corrected chi connectivity index (χ2v) is 12.7. The van der Waals surface area contributed by atoms with Gasteiger partial charge in [0.25, 0.3) is 5.78 Å². The highest BCUT2D eigenvalue weighted by atomic mass is 32.2. The van der Waals surface area contributed by atoms with Crippen LogP contribution in [-0.4, -0.2) is 47.8 Å². The van der Waals surface area contributed by atoms with Crippen LogP contribution in [0, 0.1) is 6.92 Å². The van der Waals surface area contributed by atoms with E-state index in [2.05, 4.69) is 41.4 Å². The molecular formula is C34H35N3O6S2. The van der Waals surface area contributed by atoms with Gasteiger partial charge in [0.2, 0.25) is 5.13 Å². The summed E-state index contributed by atoms with van der Waals surface area (Å²) in [6.45, 7) is 4.70. The lowest BCUT2D eigenvalue weighted by atomic mass is 9.95. The summed E-state index contributed by atoms with van der Waals surface area (Å²) in [5, 5.41) is 20.4. The van der Waals surface area contributed by atoms with Gasteiger partial charge in [-0.05, 0) is 60.9 Å². The number of thioether (sulfide) groups is 1. The molecule has 2 heterocycles. The van der Waals surface area contributed by atoms with Crippen LogP contribution < -0.4 is 19.1 Å². The van der Waals surface area contributed by atoms with Gasteiger partial charge in [0, 0.05) is 11.3 Å². The minimum absolute atomic E-state index is 0.0621. The van der Waals surface area contributed by atoms with Crippen LogP contribution in [0.4, 0.5) is 5.13 Å². The van der Waals surface area contributed by atoms with Gasteiger partial charge in [-0.2, -0.15) is 0 Å². The van der Waals surface area contributed by atoms with Crippen LogP contribution in [0.1, 0.15) is 54.5 Å². The minimum Gasteiger partial charge on any atom is -0.507 e. The van der Waals surface area contributed by atoms with Crippen molar-refractivity contribution < 1.29 is 28.9 Å². The fraction of sp³-hybridized carbons (Fsp3) is 0.294. The number of ether oxygens (including phenoxy) is 3. The van der Waals surface area contributed by atoms with Gasteiger partial charge in [-0.1, -0.05) is 78.8 Å². The smallest absolute Gasteiger partial charge is 0.301 e. The van der Waals surface area contributed by atoms with E-state index in [1.807, 2.05) is 6.92 Å². The van der Waals surface area contributed by atoms with Gasteiger partial charge < -0.3 is 19.3 Å². The number of hydrogen-bond acceptors (Lipinski definition) is 10. The molecule has 1 amide bonds. The largest absolute Gasteiger partial charge is 0.507 e. The predicted octanol–water partition coefficient (Wildman–Crippen LogP) is 7.35. The first-order valence-corrected chi connectivity index (χ1v) is 16.4. The number of nitrogens with zero attached hydrogens (tertiary/aromatic N) is 3. The number of aromatic nitrogens is 2. The Morgan fingerprint density at radius 1 is 0.956 bits per heavy atom. The third-order valence-corrected chi connectivity index (χ3v) is 9.53. The van der Waals surface area contributed by atoms with Crippen molar-refractivity contribution >= 4 is 45.7 Å². The second-order valence-electron chi connectivity index (χ2n) is 10.5. The highest BCUT2D eigenvalue weighted by molar-refractivity contribution is 8.00. The fourth-order valence-corrected chi connectivity index (χ4v) is 6.77. The zero-order chi connectivity index (χ0) is 31.9. The van der Waals surface area contributed by atoms with E-state index in [-0.39, 0.29) is 16.5 Å². The number of Topliss-reactive ketones (excluding diaryl/α,β-unsaturated/α-hetero) is 1. The first kappa shape index (κ1) is 32.1. The first-order chi connectivity index (χ1) is 21.8. The third kappa shape index (κ3) is 7.15. The molecule has 234 valence electrons. The van der Waals surface area contributed by atoms with Crippen LogP contribution in [-0.2, 0) is 15.3 Å². The van der Waals surface area contributed by atoms with Crippen molar-refractivity contribution in [3.8, 4) is 17.2 Å². The summed E-state index contributed by atoms with van der Waals surface area (Å²) in [7, 11) is 3.08. The Labute approximate surface area is 270 Å². The fourth-order valence-electron chi connectivity index (χ4n) is 4.94. The van der Waals surface area contributed by atoms with Crippen LogP contribution in [0.5, 0.6) is 17.2 Å². The number of ketones is 1. The van der Waals surface area contributed by atoms with Gasteiger partial charge in [0.1, 0.15) is 11.5 Å². The molecule has 1 fully saturated rings. The molecule has 11 heteroatoms. The van der Waals surface area contributed by atoms with E-state index in [9.17, 15) is 14.7 Å². The monoisotopic (exact) mass is 645 g/mol. The molecule has 0 bridgehead atoms. The van der Waals surface area contributed by atoms with Crippen LogP contribution in [0.3, 0.4) is 0 Å². The van der Waals surface area contributed by atoms with Gasteiger partial charge in [-0.3, -0.25) is 14.5 Å². The van der Waals surface area contributed by atoms with Gasteiger partial charge in [-0.15, -0.1) is 10.2 Å². The van der Waals surface area contributed by atoms with Crippen molar-refractivity contribution in [2.24, 2.45) is 0 Å². The number of anilines is 1. The van der Waals surface area contributed by atoms with Crippen molar-refractivity contribution in [2.75, 3.05) is 25.7 Å². The number of carbonyl (C=O) groups is 2. The van der Waals surface area contributed by atoms with Crippen molar-refractivity contribution in [3.05, 3.63) is 94.6 Å². The molecule has 1 saturated heterocycles. The molecule has 0 spiro atoms. The average molecular weight is 646 g/mol. The molecule has 1 aliphatic rings. The number of aliphatic hydroxyl groups excluding tert-OH is 1. The summed E-state index contributed by atoms with van der Waals surface area (Å²) in [4.78, 5) is 28.6. The Kier molecular flexibility index (Phi) is 10.4. The minimum atomic E-state index is -0.988. The molecule has 9 nitrogen and oxygen atoms in total. The molecule has 1 aliphatic heterocycles. The highest BCUT2D eigenvalue weighted by Crippen LogP contribution is 2.45. The Bertz CT molecular complexity index is 1690. The summed E-state index contributed by atoms with van der Waals surface area (Å²) in [6, 6.07) is 19.1. The number of unbranched alkanes of at least 4 members (excludes halogenated alkanes) is 2. The summed E-state index contributed by atoms with van der Waals surface area (Å²) in [6.07, 6.45) is 3.03. The number of hydrogen-bond donors (Lipinski definition) is 1. The lowest BCUT2D eigenvalue weighted by Crippen LogP contribution is -2.29. The normalized spacial score (nSPS) is 15.8. The summed E-state index contributed by atoms with van der Waals surface area (Å²) in [5.41, 5.74) is 3.17. The molecule has 0 saturated carbocycles. The molecule has 0 aliphatic carbocycles. The standard InChI is InChI=1S/C34H35N3O6S2/c1-5-6-7-18-43-26-17-14-24(19-27(26)42-4)29-28(30(38)23-12-15-25(41-3)16-13-23)31(39)32(40)37(29)33-35-36-34(45-33)44-20-22-10-8-21(2)9-11-22/h8-17,19,29,38H,5-7,18,20H2,1-4H3/b30-28-. The maximum atomic E-state index is 13.7. The molecule has 3 aromatic carbocycles. The van der Waals surface area contributed by atoms with E-state index in [0.29, 0.717) is 45.1 Å². The molecule has 1 unspecified atom stereocenters. The number of carbonyl (C=O) groups excluding carboxylic acids is 2. The molecular weight excluding hydrogens is 611 g/mol. The van der Waals surface area contributed by atoms with Crippen LogP contribution in [0.2, 0.25) is 0 Å². The van der Waals surface area contributed by atoms with E-state index in [1.54, 1.807) is 49.6 Å². The number of aliphatic hydroxyl groups is 1. The van der Waals surface area contributed by atoms with Gasteiger partial charge in [0.05, 0.1) is 32.4 Å². The summed E-state index contributed by atoms with van der Waals surface area (Å²) in [5.74, 6) is 0.330. The molecule has 4 aromatic rings. The number of amides is 1. The highest BCUT2D eigenvalue weighted by Gasteiger charge is 2.48. The quantitative estimate of drug-likeness (QED) is 0.0398. The van der Waals surface area contributed by atoms with Crippen molar-refractivity contribution in [1.82, 2.24) is 10.2 Å². The first-order valence-electron chi connectivity index (χ1n) is 14.6. The van der Waals surface area contributed by atoms with Gasteiger partial charge >= 0.3 is 5.91 Å². The Morgan fingerprint density at radius 3 is 2.40 bits per heavy atom.